The average molecular weight is 340 g/mol. The van der Waals surface area contributed by atoms with Crippen LogP contribution in [0.5, 0.6) is 11.5 Å². The minimum absolute atomic E-state index is 0.328. The van der Waals surface area contributed by atoms with Gasteiger partial charge >= 0.3 is 0 Å². The van der Waals surface area contributed by atoms with E-state index < -0.39 is 0 Å². The molecule has 0 fully saturated rings. The van der Waals surface area contributed by atoms with Crippen LogP contribution in [0.2, 0.25) is 0 Å². The molecule has 4 rings (SSSR count). The van der Waals surface area contributed by atoms with Crippen molar-refractivity contribution in [3.63, 3.8) is 0 Å². The molecule has 0 amide bonds. The van der Waals surface area contributed by atoms with Crippen LogP contribution in [0, 0.1) is 0 Å². The van der Waals surface area contributed by atoms with Gasteiger partial charge in [0.15, 0.2) is 0 Å². The summed E-state index contributed by atoms with van der Waals surface area (Å²) in [6.07, 6.45) is 0. The summed E-state index contributed by atoms with van der Waals surface area (Å²) >= 11 is 0. The van der Waals surface area contributed by atoms with Crippen LogP contribution in [0.1, 0.15) is 0 Å². The van der Waals surface area contributed by atoms with Crippen molar-refractivity contribution in [2.45, 2.75) is 0 Å². The normalized spacial score (nSPS) is 9.85. The number of hydrogen-bond acceptors (Lipinski definition) is 2. The Bertz CT molecular complexity index is 867. The molecule has 0 aromatic heterocycles. The van der Waals surface area contributed by atoms with Gasteiger partial charge in [0.25, 0.3) is 0 Å². The summed E-state index contributed by atoms with van der Waals surface area (Å²) in [7, 11) is 0. The number of para-hydroxylation sites is 2. The highest BCUT2D eigenvalue weighted by molar-refractivity contribution is 5.70. The van der Waals surface area contributed by atoms with Crippen molar-refractivity contribution in [3.8, 4) is 33.8 Å². The summed E-state index contributed by atoms with van der Waals surface area (Å²) < 4.78 is 0. The van der Waals surface area contributed by atoms with E-state index in [1.165, 1.54) is 0 Å². The molecule has 2 N–H and O–H groups in total. The molecule has 0 saturated carbocycles. The predicted octanol–water partition coefficient (Wildman–Crippen LogP) is 6.12. The fourth-order valence-electron chi connectivity index (χ4n) is 2.67. The number of aromatic hydroxyl groups is 2. The molecule has 26 heavy (non-hydrogen) atoms. The van der Waals surface area contributed by atoms with Gasteiger partial charge in [0.2, 0.25) is 0 Å². The minimum Gasteiger partial charge on any atom is -0.507 e. The van der Waals surface area contributed by atoms with E-state index in [0.29, 0.717) is 11.5 Å². The molecule has 0 aliphatic carbocycles. The van der Waals surface area contributed by atoms with E-state index in [1.807, 2.05) is 97.1 Å². The van der Waals surface area contributed by atoms with Gasteiger partial charge < -0.3 is 10.2 Å². The molecule has 4 aromatic carbocycles. The standard InChI is InChI=1S/2C12H10O/c2*13-12-9-5-4-8-11(12)10-6-2-1-3-7-10/h2*1-9,13H. The van der Waals surface area contributed by atoms with Crippen molar-refractivity contribution in [3.05, 3.63) is 109 Å². The van der Waals surface area contributed by atoms with Crippen LogP contribution in [0.3, 0.4) is 0 Å². The van der Waals surface area contributed by atoms with Gasteiger partial charge in [-0.2, -0.15) is 0 Å². The fraction of sp³-hybridized carbons (Fsp3) is 0. The largest absolute Gasteiger partial charge is 0.507 e. The second-order valence-electron chi connectivity index (χ2n) is 5.77. The molecule has 128 valence electrons. The number of phenols is 2. The van der Waals surface area contributed by atoms with Crippen LogP contribution < -0.4 is 0 Å². The van der Waals surface area contributed by atoms with Crippen molar-refractivity contribution in [1.29, 1.82) is 0 Å². The van der Waals surface area contributed by atoms with E-state index in [0.717, 1.165) is 22.3 Å². The third-order valence-corrected chi connectivity index (χ3v) is 3.98. The van der Waals surface area contributed by atoms with Gasteiger partial charge in [-0.05, 0) is 23.3 Å². The topological polar surface area (TPSA) is 40.5 Å². The first-order chi connectivity index (χ1) is 12.8. The molecule has 0 unspecified atom stereocenters. The van der Waals surface area contributed by atoms with E-state index in [-0.39, 0.29) is 0 Å². The van der Waals surface area contributed by atoms with Crippen molar-refractivity contribution in [1.82, 2.24) is 0 Å². The number of hydrogen-bond donors (Lipinski definition) is 2. The van der Waals surface area contributed by atoms with Crippen LogP contribution in [-0.4, -0.2) is 10.2 Å². The number of benzene rings is 4. The van der Waals surface area contributed by atoms with Crippen LogP contribution in [0.15, 0.2) is 109 Å². The van der Waals surface area contributed by atoms with Crippen LogP contribution in [-0.2, 0) is 0 Å². The first-order valence-corrected chi connectivity index (χ1v) is 8.42. The summed E-state index contributed by atoms with van der Waals surface area (Å²) in [5.74, 6) is 0.655. The van der Waals surface area contributed by atoms with Crippen molar-refractivity contribution < 1.29 is 10.2 Å². The Morgan fingerprint density at radius 1 is 0.346 bits per heavy atom. The van der Waals surface area contributed by atoms with Gasteiger partial charge in [0.05, 0.1) is 0 Å². The van der Waals surface area contributed by atoms with E-state index in [2.05, 4.69) is 0 Å². The monoisotopic (exact) mass is 340 g/mol. The highest BCUT2D eigenvalue weighted by atomic mass is 16.3. The summed E-state index contributed by atoms with van der Waals surface area (Å²) in [4.78, 5) is 0. The Labute approximate surface area is 153 Å². The molecule has 0 heterocycles. The Morgan fingerprint density at radius 3 is 1.00 bits per heavy atom. The first kappa shape index (κ1) is 17.3. The zero-order chi connectivity index (χ0) is 18.2. The van der Waals surface area contributed by atoms with E-state index in [9.17, 15) is 10.2 Å². The highest BCUT2D eigenvalue weighted by Crippen LogP contribution is 2.28. The van der Waals surface area contributed by atoms with Crippen molar-refractivity contribution in [2.24, 2.45) is 0 Å². The molecule has 4 aromatic rings. The Balaban J connectivity index is 0.000000151. The summed E-state index contributed by atoms with van der Waals surface area (Å²) in [5, 5.41) is 19.1. The molecule has 0 aliphatic rings. The minimum atomic E-state index is 0.328. The van der Waals surface area contributed by atoms with Crippen LogP contribution in [0.25, 0.3) is 22.3 Å². The Kier molecular flexibility index (Phi) is 5.69. The third kappa shape index (κ3) is 4.31. The number of rotatable bonds is 2. The van der Waals surface area contributed by atoms with Crippen molar-refractivity contribution >= 4 is 0 Å². The van der Waals surface area contributed by atoms with Gasteiger partial charge in [0.1, 0.15) is 11.5 Å². The molecule has 0 aliphatic heterocycles. The lowest BCUT2D eigenvalue weighted by atomic mass is 10.1. The first-order valence-electron chi connectivity index (χ1n) is 8.42. The van der Waals surface area contributed by atoms with Gasteiger partial charge in [-0.25, -0.2) is 0 Å². The van der Waals surface area contributed by atoms with E-state index in [1.54, 1.807) is 12.1 Å². The van der Waals surface area contributed by atoms with Gasteiger partial charge in [-0.1, -0.05) is 97.1 Å². The molecule has 2 heteroatoms. The lowest BCUT2D eigenvalue weighted by molar-refractivity contribution is 0.477. The molecule has 0 radical (unpaired) electrons. The molecular weight excluding hydrogens is 320 g/mol. The zero-order valence-electron chi connectivity index (χ0n) is 14.3. The van der Waals surface area contributed by atoms with E-state index >= 15 is 0 Å². The second-order valence-corrected chi connectivity index (χ2v) is 5.77. The molecule has 0 bridgehead atoms. The highest BCUT2D eigenvalue weighted by Gasteiger charge is 2.01. The molecule has 2 nitrogen and oxygen atoms in total. The predicted molar refractivity (Wildman–Crippen MR) is 107 cm³/mol. The Morgan fingerprint density at radius 2 is 0.654 bits per heavy atom. The van der Waals surface area contributed by atoms with Gasteiger partial charge in [-0.3, -0.25) is 0 Å². The lowest BCUT2D eigenvalue weighted by Gasteiger charge is -2.02. The zero-order valence-corrected chi connectivity index (χ0v) is 14.3. The quantitative estimate of drug-likeness (QED) is 0.461. The molecule has 0 saturated heterocycles. The molecular formula is C24H20O2. The smallest absolute Gasteiger partial charge is 0.123 e. The maximum atomic E-state index is 9.56. The lowest BCUT2D eigenvalue weighted by Crippen LogP contribution is -1.76. The van der Waals surface area contributed by atoms with Gasteiger partial charge in [0, 0.05) is 11.1 Å². The van der Waals surface area contributed by atoms with Gasteiger partial charge in [-0.15, -0.1) is 0 Å². The number of phenolic OH excluding ortho intramolecular Hbond substituents is 2. The maximum absolute atomic E-state index is 9.56. The summed E-state index contributed by atoms with van der Waals surface area (Å²) in [5.41, 5.74) is 3.84. The Hall–Kier alpha value is -3.52. The van der Waals surface area contributed by atoms with E-state index in [4.69, 9.17) is 0 Å². The summed E-state index contributed by atoms with van der Waals surface area (Å²) in [6.45, 7) is 0. The molecule has 0 atom stereocenters. The third-order valence-electron chi connectivity index (χ3n) is 3.98. The molecule has 0 spiro atoms. The summed E-state index contributed by atoms with van der Waals surface area (Å²) in [6, 6.07) is 34.4. The second kappa shape index (κ2) is 8.54. The van der Waals surface area contributed by atoms with Crippen molar-refractivity contribution in [2.75, 3.05) is 0 Å². The fourth-order valence-corrected chi connectivity index (χ4v) is 2.67. The maximum Gasteiger partial charge on any atom is 0.123 e. The van der Waals surface area contributed by atoms with Crippen LogP contribution >= 0.6 is 0 Å². The SMILES string of the molecule is Oc1ccccc1-c1ccccc1.Oc1ccccc1-c1ccccc1. The van der Waals surface area contributed by atoms with Crippen LogP contribution in [0.4, 0.5) is 0 Å². The average Bonchev–Trinajstić information content (AvgIpc) is 2.71.